The summed E-state index contributed by atoms with van der Waals surface area (Å²) in [7, 11) is 0. The van der Waals surface area contributed by atoms with Crippen molar-refractivity contribution in [1.82, 2.24) is 14.9 Å². The van der Waals surface area contributed by atoms with Crippen LogP contribution in [0.4, 0.5) is 0 Å². The second-order valence-electron chi connectivity index (χ2n) is 8.28. The number of aryl methyl sites for hydroxylation is 3. The van der Waals surface area contributed by atoms with Crippen LogP contribution in [-0.4, -0.2) is 28.6 Å². The molecule has 2 heterocycles. The highest BCUT2D eigenvalue weighted by Gasteiger charge is 2.11. The van der Waals surface area contributed by atoms with E-state index in [1.165, 1.54) is 11.3 Å². The smallest absolute Gasteiger partial charge is 0.261 e. The van der Waals surface area contributed by atoms with E-state index in [4.69, 9.17) is 9.72 Å². The molecule has 4 aromatic rings. The Balaban J connectivity index is 1.31. The van der Waals surface area contributed by atoms with Crippen molar-refractivity contribution in [3.8, 4) is 5.75 Å². The molecule has 4 rings (SSSR count). The molecule has 2 aromatic carbocycles. The number of ether oxygens (including phenoxy) is 1. The molecule has 172 valence electrons. The second kappa shape index (κ2) is 11.1. The molecule has 6 heteroatoms. The summed E-state index contributed by atoms with van der Waals surface area (Å²) in [5, 5.41) is 4.93. The van der Waals surface area contributed by atoms with Gasteiger partial charge in [-0.15, -0.1) is 11.3 Å². The number of carbonyl (C=O) groups is 1. The Morgan fingerprint density at radius 1 is 1.00 bits per heavy atom. The van der Waals surface area contributed by atoms with Crippen LogP contribution in [0.15, 0.2) is 60.0 Å². The number of hydrogen-bond donors (Lipinski definition) is 1. The van der Waals surface area contributed by atoms with Gasteiger partial charge in [0, 0.05) is 13.0 Å². The third-order valence-electron chi connectivity index (χ3n) is 5.81. The summed E-state index contributed by atoms with van der Waals surface area (Å²) in [6.45, 7) is 6.25. The Kier molecular flexibility index (Phi) is 7.79. The first-order chi connectivity index (χ1) is 16.1. The van der Waals surface area contributed by atoms with Crippen molar-refractivity contribution in [2.24, 2.45) is 0 Å². The van der Waals surface area contributed by atoms with Crippen molar-refractivity contribution >= 4 is 28.3 Å². The summed E-state index contributed by atoms with van der Waals surface area (Å²) >= 11 is 1.47. The second-order valence-corrected chi connectivity index (χ2v) is 9.23. The number of imidazole rings is 1. The molecule has 0 aliphatic rings. The van der Waals surface area contributed by atoms with Gasteiger partial charge in [-0.1, -0.05) is 42.8 Å². The molecule has 0 aliphatic carbocycles. The van der Waals surface area contributed by atoms with E-state index in [0.717, 1.165) is 70.8 Å². The van der Waals surface area contributed by atoms with Crippen LogP contribution in [-0.2, 0) is 13.0 Å². The maximum Gasteiger partial charge on any atom is 0.261 e. The van der Waals surface area contributed by atoms with Gasteiger partial charge in [0.15, 0.2) is 0 Å². The van der Waals surface area contributed by atoms with Crippen LogP contribution in [0, 0.1) is 13.8 Å². The van der Waals surface area contributed by atoms with Crippen LogP contribution in [0.2, 0.25) is 0 Å². The van der Waals surface area contributed by atoms with Gasteiger partial charge >= 0.3 is 0 Å². The maximum absolute atomic E-state index is 12.0. The molecule has 0 bridgehead atoms. The van der Waals surface area contributed by atoms with Gasteiger partial charge in [0.25, 0.3) is 5.91 Å². The average molecular weight is 462 g/mol. The molecule has 2 aromatic heterocycles. The lowest BCUT2D eigenvalue weighted by Gasteiger charge is -2.14. The molecule has 0 saturated heterocycles. The van der Waals surface area contributed by atoms with E-state index in [1.807, 2.05) is 23.6 Å². The zero-order valence-electron chi connectivity index (χ0n) is 19.3. The molecule has 0 aliphatic heterocycles. The van der Waals surface area contributed by atoms with Crippen LogP contribution in [0.3, 0.4) is 0 Å². The Morgan fingerprint density at radius 3 is 2.61 bits per heavy atom. The zero-order valence-corrected chi connectivity index (χ0v) is 20.2. The van der Waals surface area contributed by atoms with Crippen molar-refractivity contribution in [3.05, 3.63) is 81.8 Å². The van der Waals surface area contributed by atoms with E-state index >= 15 is 0 Å². The Labute approximate surface area is 199 Å². The number of rotatable bonds is 11. The van der Waals surface area contributed by atoms with Crippen LogP contribution >= 0.6 is 11.3 Å². The zero-order chi connectivity index (χ0) is 23.0. The molecule has 33 heavy (non-hydrogen) atoms. The van der Waals surface area contributed by atoms with E-state index in [9.17, 15) is 4.79 Å². The first-order valence-electron chi connectivity index (χ1n) is 11.6. The van der Waals surface area contributed by atoms with Crippen LogP contribution in [0.1, 0.15) is 45.9 Å². The number of nitrogens with zero attached hydrogens (tertiary/aromatic N) is 2. The number of amides is 1. The number of para-hydroxylation sites is 3. The van der Waals surface area contributed by atoms with Crippen molar-refractivity contribution in [2.45, 2.75) is 46.1 Å². The highest BCUT2D eigenvalue weighted by molar-refractivity contribution is 7.12. The van der Waals surface area contributed by atoms with Gasteiger partial charge in [-0.3, -0.25) is 4.79 Å². The Bertz CT molecular complexity index is 1180. The normalized spacial score (nSPS) is 11.1. The van der Waals surface area contributed by atoms with Gasteiger partial charge < -0.3 is 14.6 Å². The predicted molar refractivity (Wildman–Crippen MR) is 135 cm³/mol. The number of carbonyl (C=O) groups excluding carboxylic acids is 1. The molecule has 0 radical (unpaired) electrons. The third kappa shape index (κ3) is 5.82. The maximum atomic E-state index is 12.0. The third-order valence-corrected chi connectivity index (χ3v) is 6.68. The number of thiophene rings is 1. The van der Waals surface area contributed by atoms with E-state index in [2.05, 4.69) is 60.1 Å². The van der Waals surface area contributed by atoms with Crippen LogP contribution in [0.5, 0.6) is 5.75 Å². The highest BCUT2D eigenvalue weighted by Crippen LogP contribution is 2.23. The van der Waals surface area contributed by atoms with Gasteiger partial charge in [-0.25, -0.2) is 4.98 Å². The van der Waals surface area contributed by atoms with E-state index < -0.39 is 0 Å². The minimum atomic E-state index is 0.0238. The minimum Gasteiger partial charge on any atom is -0.491 e. The molecule has 0 spiro atoms. The SMILES string of the molecule is Cc1cccc(C)c1OCCn1c(CCCCCNC(=O)c2cccs2)nc2ccccc21. The van der Waals surface area contributed by atoms with Crippen molar-refractivity contribution in [3.63, 3.8) is 0 Å². The molecule has 0 atom stereocenters. The summed E-state index contributed by atoms with van der Waals surface area (Å²) < 4.78 is 8.46. The summed E-state index contributed by atoms with van der Waals surface area (Å²) in [5.41, 5.74) is 4.51. The first kappa shape index (κ1) is 23.1. The van der Waals surface area contributed by atoms with Crippen molar-refractivity contribution in [1.29, 1.82) is 0 Å². The standard InChI is InChI=1S/C27H31N3O2S/c1-20-10-8-11-21(2)26(20)32-18-17-30-23-13-6-5-12-22(23)29-25(30)15-4-3-7-16-28-27(31)24-14-9-19-33-24/h5-6,8-14,19H,3-4,7,15-18H2,1-2H3,(H,28,31). The van der Waals surface area contributed by atoms with Gasteiger partial charge in [0.05, 0.1) is 22.5 Å². The molecule has 0 fully saturated rings. The molecule has 1 N–H and O–H groups in total. The monoisotopic (exact) mass is 461 g/mol. The fourth-order valence-electron chi connectivity index (χ4n) is 4.11. The summed E-state index contributed by atoms with van der Waals surface area (Å²) in [5.74, 6) is 2.10. The lowest BCUT2D eigenvalue weighted by atomic mass is 10.1. The molecule has 5 nitrogen and oxygen atoms in total. The first-order valence-corrected chi connectivity index (χ1v) is 12.5. The lowest BCUT2D eigenvalue weighted by Crippen LogP contribution is -2.23. The topological polar surface area (TPSA) is 56.1 Å². The van der Waals surface area contributed by atoms with Gasteiger partial charge in [0.1, 0.15) is 18.2 Å². The fraction of sp³-hybridized carbons (Fsp3) is 0.333. The summed E-state index contributed by atoms with van der Waals surface area (Å²) in [6, 6.07) is 18.3. The summed E-state index contributed by atoms with van der Waals surface area (Å²) in [6.07, 6.45) is 3.97. The van der Waals surface area contributed by atoms with Crippen molar-refractivity contribution < 1.29 is 9.53 Å². The Morgan fingerprint density at radius 2 is 1.82 bits per heavy atom. The quantitative estimate of drug-likeness (QED) is 0.281. The molecule has 0 saturated carbocycles. The van der Waals surface area contributed by atoms with E-state index in [1.54, 1.807) is 0 Å². The molecular weight excluding hydrogens is 430 g/mol. The largest absolute Gasteiger partial charge is 0.491 e. The van der Waals surface area contributed by atoms with Crippen molar-refractivity contribution in [2.75, 3.05) is 13.2 Å². The van der Waals surface area contributed by atoms with Gasteiger partial charge in [0.2, 0.25) is 0 Å². The predicted octanol–water partition coefficient (Wildman–Crippen LogP) is 5.94. The van der Waals surface area contributed by atoms with E-state index in [0.29, 0.717) is 13.2 Å². The summed E-state index contributed by atoms with van der Waals surface area (Å²) in [4.78, 5) is 17.7. The number of aromatic nitrogens is 2. The number of benzene rings is 2. The molecule has 1 amide bonds. The van der Waals surface area contributed by atoms with E-state index in [-0.39, 0.29) is 5.91 Å². The number of fused-ring (bicyclic) bond motifs is 1. The highest BCUT2D eigenvalue weighted by atomic mass is 32.1. The average Bonchev–Trinajstić information content (AvgIpc) is 3.46. The number of unbranched alkanes of at least 4 members (excludes halogenated alkanes) is 2. The van der Waals surface area contributed by atoms with Gasteiger partial charge in [-0.2, -0.15) is 0 Å². The van der Waals surface area contributed by atoms with Crippen LogP contribution < -0.4 is 10.1 Å². The number of hydrogen-bond acceptors (Lipinski definition) is 4. The lowest BCUT2D eigenvalue weighted by molar-refractivity contribution is 0.0957. The molecule has 0 unspecified atom stereocenters. The Hall–Kier alpha value is -3.12. The molecular formula is C27H31N3O2S. The van der Waals surface area contributed by atoms with Gasteiger partial charge in [-0.05, 0) is 61.4 Å². The van der Waals surface area contributed by atoms with Crippen LogP contribution in [0.25, 0.3) is 11.0 Å². The fourth-order valence-corrected chi connectivity index (χ4v) is 4.75. The minimum absolute atomic E-state index is 0.0238. The number of nitrogens with one attached hydrogen (secondary N) is 1.